The summed E-state index contributed by atoms with van der Waals surface area (Å²) >= 11 is 0. The third kappa shape index (κ3) is 3.60. The largest absolute Gasteiger partial charge is 0.355 e. The highest BCUT2D eigenvalue weighted by molar-refractivity contribution is 5.72. The smallest absolute Gasteiger partial charge is 0.225 e. The van der Waals surface area contributed by atoms with Crippen molar-refractivity contribution >= 4 is 11.8 Å². The van der Waals surface area contributed by atoms with Crippen LogP contribution in [0.2, 0.25) is 0 Å². The van der Waals surface area contributed by atoms with Crippen molar-refractivity contribution in [1.29, 1.82) is 5.26 Å². The number of anilines is 2. The highest BCUT2D eigenvalue weighted by Gasteiger charge is 2.18. The average Bonchev–Trinajstić information content (AvgIpc) is 3.50. The van der Waals surface area contributed by atoms with Gasteiger partial charge in [0.15, 0.2) is 0 Å². The molecule has 8 nitrogen and oxygen atoms in total. The molecule has 152 valence electrons. The maximum absolute atomic E-state index is 9.61. The third-order valence-electron chi connectivity index (χ3n) is 5.74. The van der Waals surface area contributed by atoms with Gasteiger partial charge in [-0.05, 0) is 31.0 Å². The van der Waals surface area contributed by atoms with Gasteiger partial charge in [-0.25, -0.2) is 9.97 Å². The van der Waals surface area contributed by atoms with Gasteiger partial charge in [0.25, 0.3) is 0 Å². The normalized spacial score (nSPS) is 16.6. The Morgan fingerprint density at radius 2 is 1.67 bits per heavy atom. The van der Waals surface area contributed by atoms with Crippen molar-refractivity contribution in [2.75, 3.05) is 49.1 Å². The minimum absolute atomic E-state index is 0.670. The van der Waals surface area contributed by atoms with Crippen molar-refractivity contribution in [2.24, 2.45) is 0 Å². The fourth-order valence-corrected chi connectivity index (χ4v) is 4.11. The Kier molecular flexibility index (Phi) is 5.03. The standard InChI is InChI=1S/C22H24N8/c23-13-17-12-20(28-21(17)29-9-5-24-6-10-29)16-3-4-25-19(11-16)18-14-26-22(27-15-18)30-7-1-2-8-30/h3-4,11-12,14-15,24,28H,1-2,5-10H2. The van der Waals surface area contributed by atoms with E-state index in [0.717, 1.165) is 73.5 Å². The Labute approximate surface area is 175 Å². The quantitative estimate of drug-likeness (QED) is 0.694. The Morgan fingerprint density at radius 1 is 0.900 bits per heavy atom. The second-order valence-corrected chi connectivity index (χ2v) is 7.69. The molecule has 0 aromatic carbocycles. The summed E-state index contributed by atoms with van der Waals surface area (Å²) in [5.74, 6) is 1.68. The number of aromatic nitrogens is 4. The molecule has 0 bridgehead atoms. The monoisotopic (exact) mass is 400 g/mol. The van der Waals surface area contributed by atoms with Gasteiger partial charge < -0.3 is 20.1 Å². The summed E-state index contributed by atoms with van der Waals surface area (Å²) < 4.78 is 0. The molecule has 0 unspecified atom stereocenters. The van der Waals surface area contributed by atoms with Crippen molar-refractivity contribution < 1.29 is 0 Å². The summed E-state index contributed by atoms with van der Waals surface area (Å²) in [7, 11) is 0. The summed E-state index contributed by atoms with van der Waals surface area (Å²) in [5.41, 5.74) is 4.27. The van der Waals surface area contributed by atoms with E-state index in [1.54, 1.807) is 6.20 Å². The minimum atomic E-state index is 0.670. The molecular formula is C22H24N8. The van der Waals surface area contributed by atoms with Crippen LogP contribution in [-0.2, 0) is 0 Å². The lowest BCUT2D eigenvalue weighted by Gasteiger charge is -2.28. The second kappa shape index (κ2) is 8.13. The summed E-state index contributed by atoms with van der Waals surface area (Å²) in [6, 6.07) is 8.22. The van der Waals surface area contributed by atoms with Crippen LogP contribution in [0.1, 0.15) is 18.4 Å². The van der Waals surface area contributed by atoms with Gasteiger partial charge in [-0.3, -0.25) is 4.98 Å². The summed E-state index contributed by atoms with van der Waals surface area (Å²) in [6.07, 6.45) is 7.87. The number of pyridine rings is 1. The topological polar surface area (TPSA) is 96.8 Å². The van der Waals surface area contributed by atoms with Crippen LogP contribution in [0.5, 0.6) is 0 Å². The molecule has 0 aliphatic carbocycles. The lowest BCUT2D eigenvalue weighted by molar-refractivity contribution is 0.585. The molecule has 3 aromatic heterocycles. The number of nitrogens with one attached hydrogen (secondary N) is 2. The molecule has 2 N–H and O–H groups in total. The van der Waals surface area contributed by atoms with Gasteiger partial charge in [0.1, 0.15) is 11.9 Å². The van der Waals surface area contributed by atoms with Gasteiger partial charge in [-0.2, -0.15) is 5.26 Å². The number of hydrogen-bond acceptors (Lipinski definition) is 7. The maximum Gasteiger partial charge on any atom is 0.225 e. The van der Waals surface area contributed by atoms with E-state index >= 15 is 0 Å². The van der Waals surface area contributed by atoms with Gasteiger partial charge in [0.05, 0.1) is 11.3 Å². The van der Waals surface area contributed by atoms with E-state index in [0.29, 0.717) is 5.56 Å². The number of rotatable bonds is 4. The summed E-state index contributed by atoms with van der Waals surface area (Å²) in [4.78, 5) is 21.5. The predicted octanol–water partition coefficient (Wildman–Crippen LogP) is 2.42. The molecule has 2 fully saturated rings. The van der Waals surface area contributed by atoms with E-state index < -0.39 is 0 Å². The molecule has 3 aromatic rings. The summed E-state index contributed by atoms with van der Waals surface area (Å²) in [5, 5.41) is 13.0. The minimum Gasteiger partial charge on any atom is -0.355 e. The number of hydrogen-bond donors (Lipinski definition) is 2. The van der Waals surface area contributed by atoms with E-state index in [1.807, 2.05) is 30.6 Å². The average molecular weight is 400 g/mol. The zero-order valence-corrected chi connectivity index (χ0v) is 16.8. The van der Waals surface area contributed by atoms with Crippen molar-refractivity contribution in [3.63, 3.8) is 0 Å². The maximum atomic E-state index is 9.61. The van der Waals surface area contributed by atoms with Crippen LogP contribution >= 0.6 is 0 Å². The highest BCUT2D eigenvalue weighted by atomic mass is 15.3. The van der Waals surface area contributed by atoms with Gasteiger partial charge >= 0.3 is 0 Å². The lowest BCUT2D eigenvalue weighted by atomic mass is 10.1. The zero-order valence-electron chi connectivity index (χ0n) is 16.8. The SMILES string of the molecule is N#Cc1cc(-c2ccnc(-c3cnc(N4CCCC4)nc3)c2)[nH]c1N1CCNCC1. The van der Waals surface area contributed by atoms with E-state index in [1.165, 1.54) is 12.8 Å². The van der Waals surface area contributed by atoms with Crippen LogP contribution in [0.4, 0.5) is 11.8 Å². The first-order valence-corrected chi connectivity index (χ1v) is 10.4. The molecule has 0 saturated carbocycles. The van der Waals surface area contributed by atoms with Gasteiger partial charge in [-0.15, -0.1) is 0 Å². The zero-order chi connectivity index (χ0) is 20.3. The Hall–Kier alpha value is -3.44. The molecule has 0 spiro atoms. The Balaban J connectivity index is 1.42. The number of nitrogens with zero attached hydrogens (tertiary/aromatic N) is 6. The summed E-state index contributed by atoms with van der Waals surface area (Å²) in [6.45, 7) is 5.67. The fraction of sp³-hybridized carbons (Fsp3) is 0.364. The van der Waals surface area contributed by atoms with Crippen LogP contribution in [0.25, 0.3) is 22.5 Å². The number of H-pyrrole nitrogens is 1. The Morgan fingerprint density at radius 3 is 2.40 bits per heavy atom. The molecule has 30 heavy (non-hydrogen) atoms. The van der Waals surface area contributed by atoms with Gasteiger partial charge in [0.2, 0.25) is 5.95 Å². The van der Waals surface area contributed by atoms with Crippen LogP contribution < -0.4 is 15.1 Å². The highest BCUT2D eigenvalue weighted by Crippen LogP contribution is 2.29. The van der Waals surface area contributed by atoms with E-state index in [4.69, 9.17) is 0 Å². The molecule has 2 aliphatic heterocycles. The first kappa shape index (κ1) is 18.6. The number of nitriles is 1. The molecule has 8 heteroatoms. The van der Waals surface area contributed by atoms with Crippen molar-refractivity contribution in [3.05, 3.63) is 42.4 Å². The lowest BCUT2D eigenvalue weighted by Crippen LogP contribution is -2.44. The van der Waals surface area contributed by atoms with Gasteiger partial charge in [-0.1, -0.05) is 0 Å². The molecule has 2 saturated heterocycles. The molecule has 0 atom stereocenters. The fourth-order valence-electron chi connectivity index (χ4n) is 4.11. The van der Waals surface area contributed by atoms with Crippen LogP contribution in [0.3, 0.4) is 0 Å². The van der Waals surface area contributed by atoms with Crippen molar-refractivity contribution in [3.8, 4) is 28.6 Å². The van der Waals surface area contributed by atoms with Crippen LogP contribution in [0.15, 0.2) is 36.8 Å². The van der Waals surface area contributed by atoms with E-state index in [2.05, 4.69) is 41.1 Å². The molecule has 0 radical (unpaired) electrons. The van der Waals surface area contributed by atoms with Gasteiger partial charge in [0, 0.05) is 74.7 Å². The first-order valence-electron chi connectivity index (χ1n) is 10.4. The number of aromatic amines is 1. The molecule has 2 aliphatic rings. The van der Waals surface area contributed by atoms with Crippen LogP contribution in [-0.4, -0.2) is 59.2 Å². The van der Waals surface area contributed by atoms with E-state index in [9.17, 15) is 5.26 Å². The van der Waals surface area contributed by atoms with E-state index in [-0.39, 0.29) is 0 Å². The molecular weight excluding hydrogens is 376 g/mol. The molecule has 5 rings (SSSR count). The van der Waals surface area contributed by atoms with Crippen LogP contribution in [0, 0.1) is 11.3 Å². The predicted molar refractivity (Wildman–Crippen MR) is 116 cm³/mol. The molecule has 5 heterocycles. The molecule has 0 amide bonds. The Bertz CT molecular complexity index is 1050. The first-order chi connectivity index (χ1) is 14.8. The number of piperazine rings is 1. The third-order valence-corrected chi connectivity index (χ3v) is 5.74. The van der Waals surface area contributed by atoms with Crippen molar-refractivity contribution in [1.82, 2.24) is 25.3 Å². The van der Waals surface area contributed by atoms with Crippen molar-refractivity contribution in [2.45, 2.75) is 12.8 Å². The second-order valence-electron chi connectivity index (χ2n) is 7.69.